The third kappa shape index (κ3) is 3.25. The molecule has 0 saturated carbocycles. The van der Waals surface area contributed by atoms with Gasteiger partial charge in [0.15, 0.2) is 0 Å². The maximum atomic E-state index is 10.9. The van der Waals surface area contributed by atoms with Crippen LogP contribution in [0, 0.1) is 0 Å². The van der Waals surface area contributed by atoms with E-state index in [4.69, 9.17) is 16.7 Å². The number of carboxylic acids is 1. The molecule has 0 aliphatic carbocycles. The fourth-order valence-corrected chi connectivity index (χ4v) is 2.98. The maximum absolute atomic E-state index is 10.9. The monoisotopic (exact) mass is 343 g/mol. The zero-order valence-corrected chi connectivity index (χ0v) is 12.1. The second kappa shape index (κ2) is 5.73. The van der Waals surface area contributed by atoms with Crippen molar-refractivity contribution in [1.29, 1.82) is 0 Å². The van der Waals surface area contributed by atoms with Crippen molar-refractivity contribution >= 4 is 45.3 Å². The van der Waals surface area contributed by atoms with Crippen LogP contribution in [0.15, 0.2) is 50.9 Å². The van der Waals surface area contributed by atoms with Crippen LogP contribution in [0.1, 0.15) is 10.4 Å². The van der Waals surface area contributed by atoms with Crippen molar-refractivity contribution in [2.75, 3.05) is 0 Å². The molecule has 0 unspecified atom stereocenters. The van der Waals surface area contributed by atoms with Gasteiger partial charge in [0, 0.05) is 11.1 Å². The van der Waals surface area contributed by atoms with Crippen LogP contribution < -0.4 is 0 Å². The quantitative estimate of drug-likeness (QED) is 0.899. The molecule has 0 fully saturated rings. The number of benzene rings is 1. The first-order valence-corrected chi connectivity index (χ1v) is 6.87. The van der Waals surface area contributed by atoms with Crippen LogP contribution in [-0.4, -0.2) is 16.1 Å². The summed E-state index contributed by atoms with van der Waals surface area (Å²) < 4.78 is 0.778. The minimum Gasteiger partial charge on any atom is -0.478 e. The Balaban J connectivity index is 2.28. The summed E-state index contributed by atoms with van der Waals surface area (Å²) in [4.78, 5) is 15.9. The Morgan fingerprint density at radius 1 is 1.39 bits per heavy atom. The molecule has 3 nitrogen and oxygen atoms in total. The standard InChI is InChI=1S/C12H7BrClNO2S/c13-10-5-8(14)6-15-11(10)18-9-3-1-2-7(4-9)12(16)17/h1-6H,(H,16,17). The Morgan fingerprint density at radius 3 is 2.83 bits per heavy atom. The fraction of sp³-hybridized carbons (Fsp3) is 0. The van der Waals surface area contributed by atoms with Crippen molar-refractivity contribution in [3.05, 3.63) is 51.6 Å². The largest absolute Gasteiger partial charge is 0.478 e. The van der Waals surface area contributed by atoms with Crippen molar-refractivity contribution in [3.8, 4) is 0 Å². The average molecular weight is 345 g/mol. The van der Waals surface area contributed by atoms with E-state index in [-0.39, 0.29) is 5.56 Å². The summed E-state index contributed by atoms with van der Waals surface area (Å²) >= 11 is 10.5. The molecule has 0 amide bonds. The number of carboxylic acid groups (broad SMARTS) is 1. The number of aromatic carboxylic acids is 1. The van der Waals surface area contributed by atoms with E-state index in [1.807, 2.05) is 6.07 Å². The lowest BCUT2D eigenvalue weighted by atomic mass is 10.2. The minimum atomic E-state index is -0.944. The summed E-state index contributed by atoms with van der Waals surface area (Å²) in [7, 11) is 0. The molecule has 2 aromatic rings. The molecule has 0 saturated heterocycles. The maximum Gasteiger partial charge on any atom is 0.335 e. The molecule has 1 aromatic carbocycles. The predicted molar refractivity (Wildman–Crippen MR) is 74.5 cm³/mol. The number of carbonyl (C=O) groups is 1. The van der Waals surface area contributed by atoms with E-state index in [1.165, 1.54) is 11.8 Å². The predicted octanol–water partition coefficient (Wildman–Crippen LogP) is 4.35. The summed E-state index contributed by atoms with van der Waals surface area (Å²) in [6.45, 7) is 0. The van der Waals surface area contributed by atoms with Gasteiger partial charge in [-0.05, 0) is 40.2 Å². The van der Waals surface area contributed by atoms with Gasteiger partial charge in [0.25, 0.3) is 0 Å². The van der Waals surface area contributed by atoms with Crippen molar-refractivity contribution in [1.82, 2.24) is 4.98 Å². The van der Waals surface area contributed by atoms with E-state index in [0.717, 1.165) is 14.4 Å². The lowest BCUT2D eigenvalue weighted by Crippen LogP contribution is -1.95. The third-order valence-corrected chi connectivity index (χ3v) is 4.15. The molecule has 2 rings (SSSR count). The Labute approximate surface area is 121 Å². The third-order valence-electron chi connectivity index (χ3n) is 2.07. The molecule has 18 heavy (non-hydrogen) atoms. The van der Waals surface area contributed by atoms with Crippen LogP contribution in [0.2, 0.25) is 5.02 Å². The molecule has 0 atom stereocenters. The summed E-state index contributed by atoms with van der Waals surface area (Å²) in [6, 6.07) is 8.44. The van der Waals surface area contributed by atoms with Crippen LogP contribution >= 0.6 is 39.3 Å². The summed E-state index contributed by atoms with van der Waals surface area (Å²) in [6.07, 6.45) is 1.55. The Kier molecular flexibility index (Phi) is 4.27. The SMILES string of the molecule is O=C(O)c1cccc(Sc2ncc(Cl)cc2Br)c1. The number of nitrogens with zero attached hydrogens (tertiary/aromatic N) is 1. The van der Waals surface area contributed by atoms with Crippen LogP contribution in [0.25, 0.3) is 0 Å². The highest BCUT2D eigenvalue weighted by molar-refractivity contribution is 9.10. The van der Waals surface area contributed by atoms with E-state index in [9.17, 15) is 4.79 Å². The molecule has 6 heteroatoms. The van der Waals surface area contributed by atoms with E-state index in [2.05, 4.69) is 20.9 Å². The van der Waals surface area contributed by atoms with Gasteiger partial charge in [-0.25, -0.2) is 9.78 Å². The van der Waals surface area contributed by atoms with Crippen molar-refractivity contribution in [2.24, 2.45) is 0 Å². The first-order chi connectivity index (χ1) is 8.56. The van der Waals surface area contributed by atoms with Crippen LogP contribution in [0.3, 0.4) is 0 Å². The van der Waals surface area contributed by atoms with Gasteiger partial charge < -0.3 is 5.11 Å². The second-order valence-corrected chi connectivity index (χ2v) is 5.73. The highest BCUT2D eigenvalue weighted by atomic mass is 79.9. The molecule has 0 bridgehead atoms. The lowest BCUT2D eigenvalue weighted by Gasteiger charge is -2.04. The van der Waals surface area contributed by atoms with E-state index in [0.29, 0.717) is 5.02 Å². The highest BCUT2D eigenvalue weighted by Gasteiger charge is 2.07. The zero-order chi connectivity index (χ0) is 13.1. The molecule has 0 aliphatic heterocycles. The van der Waals surface area contributed by atoms with Gasteiger partial charge in [0.05, 0.1) is 15.1 Å². The summed E-state index contributed by atoms with van der Waals surface area (Å²) in [5.74, 6) is -0.944. The lowest BCUT2D eigenvalue weighted by molar-refractivity contribution is 0.0696. The first kappa shape index (κ1) is 13.4. The summed E-state index contributed by atoms with van der Waals surface area (Å²) in [5.41, 5.74) is 0.255. The van der Waals surface area contributed by atoms with E-state index >= 15 is 0 Å². The smallest absolute Gasteiger partial charge is 0.335 e. The van der Waals surface area contributed by atoms with Gasteiger partial charge in [0.2, 0.25) is 0 Å². The number of aromatic nitrogens is 1. The molecule has 0 aliphatic rings. The van der Waals surface area contributed by atoms with Gasteiger partial charge >= 0.3 is 5.97 Å². The normalized spacial score (nSPS) is 10.3. The van der Waals surface area contributed by atoms with Crippen molar-refractivity contribution in [2.45, 2.75) is 9.92 Å². The van der Waals surface area contributed by atoms with Crippen LogP contribution in [-0.2, 0) is 0 Å². The molecular formula is C12H7BrClNO2S. The number of halogens is 2. The second-order valence-electron chi connectivity index (χ2n) is 3.38. The Bertz CT molecular complexity index is 606. The van der Waals surface area contributed by atoms with Crippen LogP contribution in [0.4, 0.5) is 0 Å². The Morgan fingerprint density at radius 2 is 2.17 bits per heavy atom. The molecule has 1 heterocycles. The van der Waals surface area contributed by atoms with Gasteiger partial charge in [-0.15, -0.1) is 0 Å². The Hall–Kier alpha value is -1.04. The van der Waals surface area contributed by atoms with E-state index in [1.54, 1.807) is 30.5 Å². The van der Waals surface area contributed by atoms with Crippen molar-refractivity contribution in [3.63, 3.8) is 0 Å². The van der Waals surface area contributed by atoms with Gasteiger partial charge in [-0.2, -0.15) is 0 Å². The number of hydrogen-bond acceptors (Lipinski definition) is 3. The minimum absolute atomic E-state index is 0.255. The molecule has 0 spiro atoms. The van der Waals surface area contributed by atoms with Crippen LogP contribution in [0.5, 0.6) is 0 Å². The highest BCUT2D eigenvalue weighted by Crippen LogP contribution is 2.33. The molecule has 1 aromatic heterocycles. The average Bonchev–Trinajstić information content (AvgIpc) is 2.33. The van der Waals surface area contributed by atoms with Crippen molar-refractivity contribution < 1.29 is 9.90 Å². The number of hydrogen-bond donors (Lipinski definition) is 1. The first-order valence-electron chi connectivity index (χ1n) is 4.88. The topological polar surface area (TPSA) is 50.2 Å². The molecule has 92 valence electrons. The zero-order valence-electron chi connectivity index (χ0n) is 8.93. The number of rotatable bonds is 3. The van der Waals surface area contributed by atoms with Gasteiger partial charge in [0.1, 0.15) is 5.03 Å². The molecule has 1 N–H and O–H groups in total. The van der Waals surface area contributed by atoms with E-state index < -0.39 is 5.97 Å². The molecule has 0 radical (unpaired) electrons. The fourth-order valence-electron chi connectivity index (χ4n) is 1.28. The summed E-state index contributed by atoms with van der Waals surface area (Å²) in [5, 5.41) is 10.2. The van der Waals surface area contributed by atoms with Gasteiger partial charge in [-0.1, -0.05) is 29.4 Å². The van der Waals surface area contributed by atoms with Gasteiger partial charge in [-0.3, -0.25) is 0 Å². The number of pyridine rings is 1. The molecular weight excluding hydrogens is 338 g/mol.